The molecule has 2 rings (SSSR count). The van der Waals surface area contributed by atoms with Crippen LogP contribution in [0.3, 0.4) is 0 Å². The van der Waals surface area contributed by atoms with Crippen LogP contribution in [0.15, 0.2) is 10.5 Å². The van der Waals surface area contributed by atoms with E-state index in [4.69, 9.17) is 0 Å². The van der Waals surface area contributed by atoms with Gasteiger partial charge in [-0.15, -0.1) is 0 Å². The summed E-state index contributed by atoms with van der Waals surface area (Å²) in [7, 11) is 0. The van der Waals surface area contributed by atoms with Gasteiger partial charge >= 0.3 is 11.9 Å². The van der Waals surface area contributed by atoms with Crippen LogP contribution in [0.2, 0.25) is 0 Å². The first kappa shape index (κ1) is 19.0. The molecule has 1 fully saturated rings. The maximum absolute atomic E-state index is 13.0. The van der Waals surface area contributed by atoms with Gasteiger partial charge < -0.3 is 5.32 Å². The van der Waals surface area contributed by atoms with E-state index in [0.29, 0.717) is 12.3 Å². The second-order valence-corrected chi connectivity index (χ2v) is 8.05. The smallest absolute Gasteiger partial charge is 0.362 e. The molecule has 1 heterocycles. The van der Waals surface area contributed by atoms with Gasteiger partial charge in [-0.05, 0) is 46.5 Å². The molecule has 1 aliphatic carbocycles. The fourth-order valence-corrected chi connectivity index (χ4v) is 4.10. The van der Waals surface area contributed by atoms with Crippen molar-refractivity contribution in [3.63, 3.8) is 0 Å². The molecule has 134 valence electrons. The van der Waals surface area contributed by atoms with Crippen molar-refractivity contribution in [2.45, 2.75) is 52.3 Å². The lowest BCUT2D eigenvalue weighted by molar-refractivity contribution is -0.384. The van der Waals surface area contributed by atoms with Gasteiger partial charge in [0.2, 0.25) is 5.82 Å². The molecular weight excluding hydrogens is 391 g/mol. The van der Waals surface area contributed by atoms with E-state index in [1.165, 1.54) is 0 Å². The van der Waals surface area contributed by atoms with Gasteiger partial charge in [0.1, 0.15) is 0 Å². The zero-order valence-electron chi connectivity index (χ0n) is 13.6. The first-order chi connectivity index (χ1) is 10.9. The number of hydrogen-bond acceptors (Lipinski definition) is 4. The molecule has 1 aliphatic rings. The van der Waals surface area contributed by atoms with Gasteiger partial charge in [-0.2, -0.15) is 13.2 Å². The van der Waals surface area contributed by atoms with E-state index in [9.17, 15) is 23.3 Å². The van der Waals surface area contributed by atoms with E-state index in [2.05, 4.69) is 47.0 Å². The van der Waals surface area contributed by atoms with Crippen molar-refractivity contribution in [1.29, 1.82) is 0 Å². The summed E-state index contributed by atoms with van der Waals surface area (Å²) in [5.41, 5.74) is -1.61. The van der Waals surface area contributed by atoms with Crippen molar-refractivity contribution in [2.75, 3.05) is 5.32 Å². The first-order valence-corrected chi connectivity index (χ1v) is 8.37. The predicted molar refractivity (Wildman–Crippen MR) is 87.8 cm³/mol. The number of aromatic nitrogens is 1. The molecule has 0 aromatic carbocycles. The van der Waals surface area contributed by atoms with Gasteiger partial charge in [-0.3, -0.25) is 10.1 Å². The maximum Gasteiger partial charge on any atom is 0.434 e. The molecule has 1 saturated carbocycles. The van der Waals surface area contributed by atoms with Gasteiger partial charge in [0.05, 0.1) is 9.40 Å². The summed E-state index contributed by atoms with van der Waals surface area (Å²) in [6.45, 7) is 6.24. The summed E-state index contributed by atoms with van der Waals surface area (Å²) in [5, 5.41) is 14.1. The van der Waals surface area contributed by atoms with Crippen molar-refractivity contribution < 1.29 is 18.1 Å². The number of nitrogens with zero attached hydrogens (tertiary/aromatic N) is 2. The molecule has 0 radical (unpaired) electrons. The highest BCUT2D eigenvalue weighted by Gasteiger charge is 2.38. The fraction of sp³-hybridized carbons (Fsp3) is 0.667. The Kier molecular flexibility index (Phi) is 5.13. The number of nitro groups is 1. The maximum atomic E-state index is 13.0. The SMILES string of the molecule is CC1CC(Nc2nc(C(F)(F)F)c(Br)cc2[N+](=O)[O-])CC(C)(C)C1. The number of rotatable bonds is 3. The van der Waals surface area contributed by atoms with Crippen LogP contribution in [0.25, 0.3) is 0 Å². The van der Waals surface area contributed by atoms with E-state index in [0.717, 1.165) is 18.9 Å². The number of pyridine rings is 1. The Hall–Kier alpha value is -1.38. The Labute approximate surface area is 146 Å². The molecule has 0 saturated heterocycles. The Morgan fingerprint density at radius 2 is 2.04 bits per heavy atom. The molecular formula is C15H19BrF3N3O2. The van der Waals surface area contributed by atoms with Gasteiger partial charge in [-0.1, -0.05) is 20.8 Å². The van der Waals surface area contributed by atoms with Crippen molar-refractivity contribution >= 4 is 27.4 Å². The van der Waals surface area contributed by atoms with Gasteiger partial charge in [-0.25, -0.2) is 4.98 Å². The molecule has 0 spiro atoms. The third kappa shape index (κ3) is 4.37. The van der Waals surface area contributed by atoms with Crippen LogP contribution in [0.1, 0.15) is 45.7 Å². The monoisotopic (exact) mass is 409 g/mol. The largest absolute Gasteiger partial charge is 0.434 e. The molecule has 0 amide bonds. The van der Waals surface area contributed by atoms with Crippen molar-refractivity contribution in [1.82, 2.24) is 4.98 Å². The van der Waals surface area contributed by atoms with E-state index < -0.39 is 27.0 Å². The Balaban J connectivity index is 2.39. The summed E-state index contributed by atoms with van der Waals surface area (Å²) in [5.74, 6) is 0.0493. The van der Waals surface area contributed by atoms with Crippen LogP contribution in [0.5, 0.6) is 0 Å². The third-order valence-corrected chi connectivity index (χ3v) is 4.75. The normalized spacial score (nSPS) is 23.8. The molecule has 5 nitrogen and oxygen atoms in total. The van der Waals surface area contributed by atoms with Gasteiger partial charge in [0.15, 0.2) is 5.69 Å². The topological polar surface area (TPSA) is 68.1 Å². The number of alkyl halides is 3. The van der Waals surface area contributed by atoms with E-state index in [1.807, 2.05) is 0 Å². The molecule has 2 unspecified atom stereocenters. The fourth-order valence-electron chi connectivity index (χ4n) is 3.57. The average Bonchev–Trinajstić information content (AvgIpc) is 2.36. The number of anilines is 1. The zero-order valence-corrected chi connectivity index (χ0v) is 15.2. The van der Waals surface area contributed by atoms with Crippen LogP contribution in [-0.4, -0.2) is 15.9 Å². The Morgan fingerprint density at radius 3 is 2.54 bits per heavy atom. The minimum Gasteiger partial charge on any atom is -0.362 e. The standard InChI is InChI=1S/C15H19BrF3N3O2/c1-8-4-9(7-14(2,3)6-8)20-13-11(22(23)24)5-10(16)12(21-13)15(17,18)19/h5,8-9H,4,6-7H2,1-3H3,(H,20,21). The van der Waals surface area contributed by atoms with Crippen LogP contribution in [-0.2, 0) is 6.18 Å². The Morgan fingerprint density at radius 1 is 1.42 bits per heavy atom. The lowest BCUT2D eigenvalue weighted by Crippen LogP contribution is -2.36. The van der Waals surface area contributed by atoms with E-state index in [1.54, 1.807) is 0 Å². The lowest BCUT2D eigenvalue weighted by Gasteiger charge is -2.39. The average molecular weight is 410 g/mol. The number of hydrogen-bond donors (Lipinski definition) is 1. The minimum absolute atomic E-state index is 0.0202. The molecule has 1 N–H and O–H groups in total. The van der Waals surface area contributed by atoms with Crippen LogP contribution < -0.4 is 5.32 Å². The second-order valence-electron chi connectivity index (χ2n) is 7.20. The van der Waals surface area contributed by atoms with Crippen molar-refractivity contribution in [3.05, 3.63) is 26.3 Å². The summed E-state index contributed by atoms with van der Waals surface area (Å²) in [6, 6.07) is 0.701. The van der Waals surface area contributed by atoms with Crippen molar-refractivity contribution in [3.8, 4) is 0 Å². The number of nitrogens with one attached hydrogen (secondary N) is 1. The highest BCUT2D eigenvalue weighted by molar-refractivity contribution is 9.10. The van der Waals surface area contributed by atoms with Crippen LogP contribution in [0.4, 0.5) is 24.7 Å². The summed E-state index contributed by atoms with van der Waals surface area (Å²) in [4.78, 5) is 14.0. The predicted octanol–water partition coefficient (Wildman–Crippen LogP) is 5.40. The highest BCUT2D eigenvalue weighted by Crippen LogP contribution is 2.42. The van der Waals surface area contributed by atoms with Crippen LogP contribution in [0, 0.1) is 21.4 Å². The minimum atomic E-state index is -4.69. The summed E-state index contributed by atoms with van der Waals surface area (Å²) < 4.78 is 38.7. The molecule has 9 heteroatoms. The second kappa shape index (κ2) is 6.50. The quantitative estimate of drug-likeness (QED) is 0.536. The molecule has 2 atom stereocenters. The number of halogens is 4. The van der Waals surface area contributed by atoms with Gasteiger partial charge in [0, 0.05) is 12.1 Å². The summed E-state index contributed by atoms with van der Waals surface area (Å²) >= 11 is 2.72. The van der Waals surface area contributed by atoms with Gasteiger partial charge in [0.25, 0.3) is 0 Å². The molecule has 1 aromatic rings. The summed E-state index contributed by atoms with van der Waals surface area (Å²) in [6.07, 6.45) is -2.23. The van der Waals surface area contributed by atoms with E-state index in [-0.39, 0.29) is 17.3 Å². The van der Waals surface area contributed by atoms with Crippen LogP contribution >= 0.6 is 15.9 Å². The highest BCUT2D eigenvalue weighted by atomic mass is 79.9. The zero-order chi connectivity index (χ0) is 18.3. The Bertz CT molecular complexity index is 650. The third-order valence-electron chi connectivity index (χ3n) is 4.15. The molecule has 0 aliphatic heterocycles. The lowest BCUT2D eigenvalue weighted by atomic mass is 9.70. The first-order valence-electron chi connectivity index (χ1n) is 7.58. The molecule has 24 heavy (non-hydrogen) atoms. The molecule has 1 aromatic heterocycles. The van der Waals surface area contributed by atoms with E-state index >= 15 is 0 Å². The molecule has 0 bridgehead atoms. The van der Waals surface area contributed by atoms with Crippen molar-refractivity contribution in [2.24, 2.45) is 11.3 Å².